The maximum atomic E-state index is 12.4. The van der Waals surface area contributed by atoms with Crippen LogP contribution < -0.4 is 0 Å². The predicted octanol–water partition coefficient (Wildman–Crippen LogP) is 1.70. The molecule has 1 aliphatic carbocycles. The fourth-order valence-corrected chi connectivity index (χ4v) is 2.57. The number of carboxylic acid groups (broad SMARTS) is 1. The van der Waals surface area contributed by atoms with Crippen LogP contribution in [0.15, 0.2) is 12.7 Å². The molecule has 0 bridgehead atoms. The van der Waals surface area contributed by atoms with Crippen molar-refractivity contribution in [2.45, 2.75) is 44.2 Å². The fourth-order valence-electron chi connectivity index (χ4n) is 2.57. The van der Waals surface area contributed by atoms with E-state index in [1.807, 2.05) is 4.90 Å². The maximum Gasteiger partial charge on any atom is 0.320 e. The van der Waals surface area contributed by atoms with Gasteiger partial charge >= 0.3 is 12.0 Å². The van der Waals surface area contributed by atoms with Crippen molar-refractivity contribution in [3.63, 3.8) is 0 Å². The van der Waals surface area contributed by atoms with E-state index in [1.165, 1.54) is 0 Å². The molecule has 2 aliphatic rings. The van der Waals surface area contributed by atoms with Crippen LogP contribution in [0.5, 0.6) is 0 Å². The van der Waals surface area contributed by atoms with E-state index in [1.54, 1.807) is 11.0 Å². The van der Waals surface area contributed by atoms with Gasteiger partial charge in [0.2, 0.25) is 0 Å². The van der Waals surface area contributed by atoms with E-state index in [9.17, 15) is 9.59 Å². The van der Waals surface area contributed by atoms with E-state index in [-0.39, 0.29) is 18.5 Å². The number of likely N-dealkylation sites (tertiary alicyclic amines) is 1. The Kier molecular flexibility index (Phi) is 3.89. The number of hydrogen-bond donors (Lipinski definition) is 1. The Balaban J connectivity index is 2.01. The monoisotopic (exact) mass is 252 g/mol. The minimum atomic E-state index is -0.832. The molecule has 2 fully saturated rings. The molecule has 2 amide bonds. The zero-order chi connectivity index (χ0) is 13.1. The maximum absolute atomic E-state index is 12.4. The van der Waals surface area contributed by atoms with Gasteiger partial charge < -0.3 is 14.9 Å². The highest BCUT2D eigenvalue weighted by Gasteiger charge is 2.38. The highest BCUT2D eigenvalue weighted by Crippen LogP contribution is 2.30. The third-order valence-electron chi connectivity index (χ3n) is 3.59. The highest BCUT2D eigenvalue weighted by atomic mass is 16.4. The summed E-state index contributed by atoms with van der Waals surface area (Å²) in [5.74, 6) is -0.832. The first-order valence-corrected chi connectivity index (χ1v) is 6.53. The average molecular weight is 252 g/mol. The molecule has 0 aromatic rings. The van der Waals surface area contributed by atoms with Crippen LogP contribution in [0.1, 0.15) is 32.1 Å². The molecule has 0 aromatic heterocycles. The van der Waals surface area contributed by atoms with Crippen molar-refractivity contribution in [1.29, 1.82) is 0 Å². The number of hydrogen-bond acceptors (Lipinski definition) is 2. The van der Waals surface area contributed by atoms with Crippen LogP contribution in [0.2, 0.25) is 0 Å². The molecular weight excluding hydrogens is 232 g/mol. The Labute approximate surface area is 107 Å². The zero-order valence-electron chi connectivity index (χ0n) is 10.5. The van der Waals surface area contributed by atoms with Gasteiger partial charge in [0.1, 0.15) is 0 Å². The summed E-state index contributed by atoms with van der Waals surface area (Å²) in [6.07, 6.45) is 5.59. The van der Waals surface area contributed by atoms with Gasteiger partial charge in [-0.25, -0.2) is 4.79 Å². The van der Waals surface area contributed by atoms with Gasteiger partial charge in [-0.1, -0.05) is 6.08 Å². The first-order chi connectivity index (χ1) is 8.63. The molecule has 1 aliphatic heterocycles. The van der Waals surface area contributed by atoms with Crippen molar-refractivity contribution < 1.29 is 14.7 Å². The summed E-state index contributed by atoms with van der Waals surface area (Å²) < 4.78 is 0. The number of aliphatic carboxylic acids is 1. The third kappa shape index (κ3) is 2.83. The number of rotatable bonds is 5. The average Bonchev–Trinajstić information content (AvgIpc) is 3.05. The molecule has 5 heteroatoms. The van der Waals surface area contributed by atoms with Gasteiger partial charge in [0, 0.05) is 25.2 Å². The van der Waals surface area contributed by atoms with E-state index >= 15 is 0 Å². The fraction of sp³-hybridized carbons (Fsp3) is 0.692. The Morgan fingerprint density at radius 2 is 2.11 bits per heavy atom. The normalized spacial score (nSPS) is 22.9. The van der Waals surface area contributed by atoms with Gasteiger partial charge in [-0.05, 0) is 25.7 Å². The van der Waals surface area contributed by atoms with E-state index in [4.69, 9.17) is 5.11 Å². The molecule has 1 saturated heterocycles. The molecule has 18 heavy (non-hydrogen) atoms. The number of urea groups is 1. The Morgan fingerprint density at radius 1 is 1.39 bits per heavy atom. The molecule has 0 aromatic carbocycles. The molecule has 100 valence electrons. The third-order valence-corrected chi connectivity index (χ3v) is 3.59. The van der Waals surface area contributed by atoms with Crippen molar-refractivity contribution in [3.8, 4) is 0 Å². The van der Waals surface area contributed by atoms with E-state index in [2.05, 4.69) is 6.58 Å². The summed E-state index contributed by atoms with van der Waals surface area (Å²) in [6.45, 7) is 4.91. The van der Waals surface area contributed by atoms with Gasteiger partial charge in [0.15, 0.2) is 0 Å². The van der Waals surface area contributed by atoms with Crippen LogP contribution in [-0.4, -0.2) is 52.1 Å². The summed E-state index contributed by atoms with van der Waals surface area (Å²) >= 11 is 0. The zero-order valence-corrected chi connectivity index (χ0v) is 10.5. The molecule has 1 unspecified atom stereocenters. The number of carbonyl (C=O) groups is 2. The molecule has 0 spiro atoms. The van der Waals surface area contributed by atoms with Crippen LogP contribution in [-0.2, 0) is 4.79 Å². The minimum absolute atomic E-state index is 0.0128. The number of amides is 2. The molecule has 1 saturated carbocycles. The second-order valence-corrected chi connectivity index (χ2v) is 5.04. The van der Waals surface area contributed by atoms with Gasteiger partial charge in [-0.15, -0.1) is 6.58 Å². The Morgan fingerprint density at radius 3 is 2.67 bits per heavy atom. The summed E-state index contributed by atoms with van der Waals surface area (Å²) in [7, 11) is 0. The minimum Gasteiger partial charge on any atom is -0.481 e. The van der Waals surface area contributed by atoms with E-state index < -0.39 is 5.97 Å². The molecule has 5 nitrogen and oxygen atoms in total. The smallest absolute Gasteiger partial charge is 0.320 e. The standard InChI is InChI=1S/C13H20N2O3/c1-2-7-14(10-5-6-10)13(18)15-8-3-4-11(15)9-12(16)17/h2,10-11H,1,3-9H2,(H,16,17). The van der Waals surface area contributed by atoms with Crippen molar-refractivity contribution in [3.05, 3.63) is 12.7 Å². The molecule has 0 radical (unpaired) electrons. The lowest BCUT2D eigenvalue weighted by Gasteiger charge is -2.30. The van der Waals surface area contributed by atoms with Crippen molar-refractivity contribution >= 4 is 12.0 Å². The van der Waals surface area contributed by atoms with Crippen molar-refractivity contribution in [1.82, 2.24) is 9.80 Å². The second kappa shape index (κ2) is 5.42. The topological polar surface area (TPSA) is 60.9 Å². The second-order valence-electron chi connectivity index (χ2n) is 5.04. The molecule has 1 heterocycles. The lowest BCUT2D eigenvalue weighted by atomic mass is 10.1. The lowest BCUT2D eigenvalue weighted by molar-refractivity contribution is -0.138. The SMILES string of the molecule is C=CCN(C(=O)N1CCCC1CC(=O)O)C1CC1. The first kappa shape index (κ1) is 12.9. The van der Waals surface area contributed by atoms with Crippen LogP contribution in [0.3, 0.4) is 0 Å². The van der Waals surface area contributed by atoms with Crippen LogP contribution >= 0.6 is 0 Å². The van der Waals surface area contributed by atoms with Gasteiger partial charge in [0.05, 0.1) is 6.42 Å². The van der Waals surface area contributed by atoms with Gasteiger partial charge in [0.25, 0.3) is 0 Å². The number of carboxylic acids is 1. The Bertz CT molecular complexity index is 352. The van der Waals surface area contributed by atoms with Crippen LogP contribution in [0.4, 0.5) is 4.79 Å². The molecule has 1 atom stereocenters. The summed E-state index contributed by atoms with van der Waals surface area (Å²) in [4.78, 5) is 26.8. The molecule has 2 rings (SSSR count). The highest BCUT2D eigenvalue weighted by molar-refractivity contribution is 5.77. The lowest BCUT2D eigenvalue weighted by Crippen LogP contribution is -2.47. The number of nitrogens with zero attached hydrogens (tertiary/aromatic N) is 2. The quantitative estimate of drug-likeness (QED) is 0.757. The van der Waals surface area contributed by atoms with Crippen molar-refractivity contribution in [2.75, 3.05) is 13.1 Å². The van der Waals surface area contributed by atoms with Crippen LogP contribution in [0.25, 0.3) is 0 Å². The largest absolute Gasteiger partial charge is 0.481 e. The number of carbonyl (C=O) groups excluding carboxylic acids is 1. The summed E-state index contributed by atoms with van der Waals surface area (Å²) in [5.41, 5.74) is 0. The van der Waals surface area contributed by atoms with E-state index in [0.29, 0.717) is 19.1 Å². The first-order valence-electron chi connectivity index (χ1n) is 6.53. The van der Waals surface area contributed by atoms with E-state index in [0.717, 1.165) is 25.7 Å². The molecule has 1 N–H and O–H groups in total. The van der Waals surface area contributed by atoms with Crippen LogP contribution in [0, 0.1) is 0 Å². The Hall–Kier alpha value is -1.52. The van der Waals surface area contributed by atoms with Crippen molar-refractivity contribution in [2.24, 2.45) is 0 Å². The summed E-state index contributed by atoms with van der Waals surface area (Å²) in [5, 5.41) is 8.87. The molecular formula is C13H20N2O3. The predicted molar refractivity (Wildman–Crippen MR) is 67.3 cm³/mol. The van der Waals surface area contributed by atoms with Gasteiger partial charge in [-0.3, -0.25) is 4.79 Å². The summed E-state index contributed by atoms with van der Waals surface area (Å²) in [6, 6.07) is 0.184. The van der Waals surface area contributed by atoms with Gasteiger partial charge in [-0.2, -0.15) is 0 Å².